The van der Waals surface area contributed by atoms with Crippen molar-refractivity contribution in [1.82, 2.24) is 0 Å². The molecule has 3 nitrogen and oxygen atoms in total. The molecule has 0 fully saturated rings. The number of hydrogen-bond donors (Lipinski definition) is 1. The third kappa shape index (κ3) is 4.48. The molecule has 0 saturated heterocycles. The Labute approximate surface area is 128 Å². The number of benzene rings is 1. The summed E-state index contributed by atoms with van der Waals surface area (Å²) in [4.78, 5) is 11.1. The Hall–Kier alpha value is -1.51. The van der Waals surface area contributed by atoms with E-state index >= 15 is 0 Å². The zero-order valence-corrected chi connectivity index (χ0v) is 14.3. The van der Waals surface area contributed by atoms with Crippen LogP contribution in [0, 0.1) is 0 Å². The Bertz CT molecular complexity index is 481. The summed E-state index contributed by atoms with van der Waals surface area (Å²) in [6.45, 7) is 15.3. The Balaban J connectivity index is 3.61. The van der Waals surface area contributed by atoms with Crippen LogP contribution in [0.15, 0.2) is 12.1 Å². The normalized spacial score (nSPS) is 12.3. The van der Waals surface area contributed by atoms with Crippen LogP contribution in [-0.4, -0.2) is 17.7 Å². The molecule has 0 unspecified atom stereocenters. The highest BCUT2D eigenvalue weighted by molar-refractivity contribution is 5.71. The fraction of sp³-hybridized carbons (Fsp3) is 0.611. The molecular weight excluding hydrogens is 264 g/mol. The molecule has 0 aromatic heterocycles. The Morgan fingerprint density at radius 1 is 1.05 bits per heavy atom. The Morgan fingerprint density at radius 3 is 1.76 bits per heavy atom. The van der Waals surface area contributed by atoms with Gasteiger partial charge in [0.15, 0.2) is 0 Å². The van der Waals surface area contributed by atoms with E-state index in [9.17, 15) is 4.79 Å². The molecule has 0 atom stereocenters. The Morgan fingerprint density at radius 2 is 1.48 bits per heavy atom. The third-order valence-electron chi connectivity index (χ3n) is 3.41. The number of rotatable bonds is 4. The van der Waals surface area contributed by atoms with Gasteiger partial charge in [-0.1, -0.05) is 53.7 Å². The van der Waals surface area contributed by atoms with Crippen LogP contribution >= 0.6 is 0 Å². The van der Waals surface area contributed by atoms with Gasteiger partial charge in [0.2, 0.25) is 0 Å². The van der Waals surface area contributed by atoms with Gasteiger partial charge in [-0.25, -0.2) is 0 Å². The zero-order valence-electron chi connectivity index (χ0n) is 14.3. The summed E-state index contributed by atoms with van der Waals surface area (Å²) >= 11 is 0. The quantitative estimate of drug-likeness (QED) is 0.899. The van der Waals surface area contributed by atoms with Crippen LogP contribution in [0.3, 0.4) is 0 Å². The van der Waals surface area contributed by atoms with Crippen LogP contribution in [0.5, 0.6) is 5.75 Å². The maximum atomic E-state index is 11.1. The van der Waals surface area contributed by atoms with Crippen LogP contribution in [0.2, 0.25) is 0 Å². The van der Waals surface area contributed by atoms with Gasteiger partial charge in [0.1, 0.15) is 5.75 Å². The molecule has 21 heavy (non-hydrogen) atoms. The van der Waals surface area contributed by atoms with Crippen LogP contribution in [-0.2, 0) is 22.0 Å². The lowest BCUT2D eigenvalue weighted by atomic mass is 9.78. The van der Waals surface area contributed by atoms with Gasteiger partial charge in [0.25, 0.3) is 0 Å². The maximum absolute atomic E-state index is 11.1. The summed E-state index contributed by atoms with van der Waals surface area (Å²) in [7, 11) is 0. The standard InChI is InChI=1S/C18H28O3/c1-8-21-16-13(17(2,3)4)9-12(11-15(19)20)10-14(16)18(5,6)7/h9-10H,8,11H2,1-7H3,(H,19,20). The highest BCUT2D eigenvalue weighted by Crippen LogP contribution is 2.40. The van der Waals surface area contributed by atoms with Gasteiger partial charge in [0, 0.05) is 11.1 Å². The first-order valence-corrected chi connectivity index (χ1v) is 7.49. The van der Waals surface area contributed by atoms with Crippen molar-refractivity contribution < 1.29 is 14.6 Å². The van der Waals surface area contributed by atoms with Crippen molar-refractivity contribution in [3.05, 3.63) is 28.8 Å². The lowest BCUT2D eigenvalue weighted by molar-refractivity contribution is -0.136. The number of carbonyl (C=O) groups is 1. The molecule has 118 valence electrons. The molecule has 0 amide bonds. The van der Waals surface area contributed by atoms with Crippen molar-refractivity contribution in [1.29, 1.82) is 0 Å². The zero-order chi connectivity index (χ0) is 16.4. The first-order valence-electron chi connectivity index (χ1n) is 7.49. The molecule has 1 N–H and O–H groups in total. The van der Waals surface area contributed by atoms with E-state index in [2.05, 4.69) is 41.5 Å². The van der Waals surface area contributed by atoms with Crippen molar-refractivity contribution in [3.8, 4) is 5.75 Å². The van der Waals surface area contributed by atoms with E-state index in [1.807, 2.05) is 19.1 Å². The smallest absolute Gasteiger partial charge is 0.307 e. The topological polar surface area (TPSA) is 46.5 Å². The molecule has 1 aromatic carbocycles. The molecule has 0 bridgehead atoms. The van der Waals surface area contributed by atoms with Gasteiger partial charge >= 0.3 is 5.97 Å². The van der Waals surface area contributed by atoms with Crippen LogP contribution in [0.4, 0.5) is 0 Å². The summed E-state index contributed by atoms with van der Waals surface area (Å²) in [6, 6.07) is 3.96. The van der Waals surface area contributed by atoms with Crippen molar-refractivity contribution in [2.75, 3.05) is 6.61 Å². The second-order valence-electron chi connectivity index (χ2n) is 7.52. The molecule has 0 aliphatic heterocycles. The molecule has 0 aliphatic carbocycles. The van der Waals surface area contributed by atoms with E-state index in [0.29, 0.717) is 6.61 Å². The second kappa shape index (κ2) is 6.08. The van der Waals surface area contributed by atoms with Crippen molar-refractivity contribution in [2.24, 2.45) is 0 Å². The first-order chi connectivity index (χ1) is 9.46. The molecule has 0 saturated carbocycles. The van der Waals surface area contributed by atoms with Gasteiger partial charge in [-0.05, 0) is 23.3 Å². The van der Waals surface area contributed by atoms with E-state index in [1.165, 1.54) is 0 Å². The summed E-state index contributed by atoms with van der Waals surface area (Å²) in [5.41, 5.74) is 2.79. The molecule has 3 heteroatoms. The van der Waals surface area contributed by atoms with E-state index in [1.54, 1.807) is 0 Å². The highest BCUT2D eigenvalue weighted by Gasteiger charge is 2.28. The molecular formula is C18H28O3. The van der Waals surface area contributed by atoms with Gasteiger partial charge < -0.3 is 9.84 Å². The average Bonchev–Trinajstić information content (AvgIpc) is 2.27. The summed E-state index contributed by atoms with van der Waals surface area (Å²) < 4.78 is 5.93. The minimum atomic E-state index is -0.807. The minimum absolute atomic E-state index is 0.0402. The van der Waals surface area contributed by atoms with Gasteiger partial charge in [0.05, 0.1) is 13.0 Å². The highest BCUT2D eigenvalue weighted by atomic mass is 16.5. The molecule has 0 spiro atoms. The lowest BCUT2D eigenvalue weighted by Gasteiger charge is -2.30. The first kappa shape index (κ1) is 17.5. The summed E-state index contributed by atoms with van der Waals surface area (Å²) in [6.07, 6.45) is 0.0402. The van der Waals surface area contributed by atoms with Gasteiger partial charge in [-0.3, -0.25) is 4.79 Å². The van der Waals surface area contributed by atoms with Crippen LogP contribution in [0.1, 0.15) is 65.2 Å². The largest absolute Gasteiger partial charge is 0.493 e. The minimum Gasteiger partial charge on any atom is -0.493 e. The summed E-state index contributed by atoms with van der Waals surface area (Å²) in [5, 5.41) is 9.10. The second-order valence-corrected chi connectivity index (χ2v) is 7.52. The monoisotopic (exact) mass is 292 g/mol. The van der Waals surface area contributed by atoms with E-state index in [4.69, 9.17) is 9.84 Å². The molecule has 0 radical (unpaired) electrons. The van der Waals surface area contributed by atoms with Gasteiger partial charge in [-0.15, -0.1) is 0 Å². The number of ether oxygens (including phenoxy) is 1. The molecule has 0 aliphatic rings. The van der Waals surface area contributed by atoms with Crippen LogP contribution in [0.25, 0.3) is 0 Å². The SMILES string of the molecule is CCOc1c(C(C)(C)C)cc(CC(=O)O)cc1C(C)(C)C. The van der Waals surface area contributed by atoms with Crippen molar-refractivity contribution >= 4 is 5.97 Å². The number of carboxylic acids is 1. The fourth-order valence-corrected chi connectivity index (χ4v) is 2.38. The Kier molecular flexibility index (Phi) is 5.08. The molecule has 1 aromatic rings. The molecule has 1 rings (SSSR count). The van der Waals surface area contributed by atoms with Crippen LogP contribution < -0.4 is 4.74 Å². The average molecular weight is 292 g/mol. The van der Waals surface area contributed by atoms with E-state index in [0.717, 1.165) is 22.4 Å². The summed E-state index contributed by atoms with van der Waals surface area (Å²) in [5.74, 6) is 0.102. The number of aliphatic carboxylic acids is 1. The maximum Gasteiger partial charge on any atom is 0.307 e. The van der Waals surface area contributed by atoms with E-state index < -0.39 is 5.97 Å². The van der Waals surface area contributed by atoms with E-state index in [-0.39, 0.29) is 17.3 Å². The van der Waals surface area contributed by atoms with Crippen molar-refractivity contribution in [3.63, 3.8) is 0 Å². The lowest BCUT2D eigenvalue weighted by Crippen LogP contribution is -2.21. The molecule has 0 heterocycles. The predicted molar refractivity (Wildman–Crippen MR) is 86.4 cm³/mol. The number of hydrogen-bond acceptors (Lipinski definition) is 2. The predicted octanol–water partition coefficient (Wildman–Crippen LogP) is 4.31. The van der Waals surface area contributed by atoms with Gasteiger partial charge in [-0.2, -0.15) is 0 Å². The van der Waals surface area contributed by atoms with Crippen molar-refractivity contribution in [2.45, 2.75) is 65.7 Å². The fourth-order valence-electron chi connectivity index (χ4n) is 2.38. The number of carboxylic acid groups (broad SMARTS) is 1. The third-order valence-corrected chi connectivity index (χ3v) is 3.41.